The fourth-order valence-corrected chi connectivity index (χ4v) is 5.84. The minimum absolute atomic E-state index is 0.259. The van der Waals surface area contributed by atoms with Gasteiger partial charge in [-0.3, -0.25) is 9.35 Å². The second-order valence-corrected chi connectivity index (χ2v) is 13.6. The van der Waals surface area contributed by atoms with E-state index in [1.807, 2.05) is 6.08 Å². The van der Waals surface area contributed by atoms with Crippen molar-refractivity contribution in [3.05, 3.63) is 48.6 Å². The fraction of sp³-hybridized carbons (Fsp3) is 0.757. The van der Waals surface area contributed by atoms with E-state index in [4.69, 9.17) is 0 Å². The molecule has 0 saturated heterocycles. The molecule has 0 saturated carbocycles. The normalized spacial score (nSPS) is 14.0. The van der Waals surface area contributed by atoms with Crippen molar-refractivity contribution in [3.8, 4) is 0 Å². The predicted octanol–water partition coefficient (Wildman–Crippen LogP) is 9.96. The summed E-state index contributed by atoms with van der Waals surface area (Å²) in [6, 6.07) is -1.07. The zero-order valence-corrected chi connectivity index (χ0v) is 29.1. The maximum Gasteiger partial charge on any atom is 0.267 e. The van der Waals surface area contributed by atoms with Crippen LogP contribution in [0.5, 0.6) is 0 Å². The average molecular weight is 638 g/mol. The van der Waals surface area contributed by atoms with Gasteiger partial charge in [0.25, 0.3) is 10.1 Å². The number of allylic oxidation sites excluding steroid dienone is 7. The molecule has 0 spiro atoms. The number of carbonyl (C=O) groups excluding carboxylic acids is 1. The van der Waals surface area contributed by atoms with Crippen LogP contribution in [-0.2, 0) is 14.9 Å². The van der Waals surface area contributed by atoms with Crippen molar-refractivity contribution in [2.75, 3.05) is 5.75 Å². The van der Waals surface area contributed by atoms with Crippen molar-refractivity contribution in [2.24, 2.45) is 0 Å². The molecule has 1 amide bonds. The van der Waals surface area contributed by atoms with Crippen LogP contribution in [0, 0.1) is 0 Å². The molecule has 0 aliphatic rings. The molecule has 0 radical (unpaired) electrons. The summed E-state index contributed by atoms with van der Waals surface area (Å²) in [6.45, 7) is 4.38. The second-order valence-electron chi connectivity index (χ2n) is 12.1. The van der Waals surface area contributed by atoms with Gasteiger partial charge >= 0.3 is 0 Å². The zero-order chi connectivity index (χ0) is 32.6. The van der Waals surface area contributed by atoms with Crippen molar-refractivity contribution in [1.29, 1.82) is 0 Å². The lowest BCUT2D eigenvalue weighted by Crippen LogP contribution is -2.46. The summed E-state index contributed by atoms with van der Waals surface area (Å²) < 4.78 is 32.3. The molecule has 0 fully saturated rings. The highest BCUT2D eigenvalue weighted by Crippen LogP contribution is 2.14. The quantitative estimate of drug-likeness (QED) is 0.0399. The molecular weight excluding hydrogens is 570 g/mol. The number of unbranched alkanes of at least 4 members (excludes halogenated alkanes) is 17. The van der Waals surface area contributed by atoms with Gasteiger partial charge in [-0.05, 0) is 51.4 Å². The Hall–Kier alpha value is -1.70. The van der Waals surface area contributed by atoms with Crippen molar-refractivity contribution in [2.45, 2.75) is 174 Å². The molecule has 3 N–H and O–H groups in total. The van der Waals surface area contributed by atoms with Crippen LogP contribution in [0.1, 0.15) is 162 Å². The van der Waals surface area contributed by atoms with Crippen LogP contribution in [0.3, 0.4) is 0 Å². The van der Waals surface area contributed by atoms with Crippen molar-refractivity contribution in [1.82, 2.24) is 5.32 Å². The van der Waals surface area contributed by atoms with Crippen molar-refractivity contribution in [3.63, 3.8) is 0 Å². The standard InChI is InChI=1S/C37H67NO5S/c1-3-5-7-9-11-13-15-17-18-19-21-22-24-26-28-30-32-36(39)35(34-44(41,42)43)38-37(40)33-31-29-27-25-23-20-16-14-12-10-8-6-4-2/h6,8,12,14,20,23,30,32,35-36,39H,3-5,7,9-11,13,15-19,21-22,24-29,31,33-34H2,1-2H3,(H,38,40)(H,41,42,43)/b8-6-,14-12-,23-20-,32-30+. The van der Waals surface area contributed by atoms with E-state index in [0.29, 0.717) is 6.42 Å². The summed E-state index contributed by atoms with van der Waals surface area (Å²) in [7, 11) is -4.35. The predicted molar refractivity (Wildman–Crippen MR) is 188 cm³/mol. The molecule has 44 heavy (non-hydrogen) atoms. The maximum atomic E-state index is 12.4. The van der Waals surface area contributed by atoms with Crippen LogP contribution < -0.4 is 5.32 Å². The smallest absolute Gasteiger partial charge is 0.267 e. The van der Waals surface area contributed by atoms with Gasteiger partial charge in [-0.15, -0.1) is 0 Å². The zero-order valence-electron chi connectivity index (χ0n) is 28.3. The van der Waals surface area contributed by atoms with Crippen LogP contribution in [0.2, 0.25) is 0 Å². The summed E-state index contributed by atoms with van der Waals surface area (Å²) >= 11 is 0. The van der Waals surface area contributed by atoms with Gasteiger partial charge < -0.3 is 10.4 Å². The topological polar surface area (TPSA) is 104 Å². The van der Waals surface area contributed by atoms with Crippen LogP contribution in [0.4, 0.5) is 0 Å². The fourth-order valence-electron chi connectivity index (χ4n) is 5.11. The van der Waals surface area contributed by atoms with Gasteiger partial charge in [0.15, 0.2) is 0 Å². The molecule has 0 aromatic heterocycles. The van der Waals surface area contributed by atoms with Gasteiger partial charge in [0.2, 0.25) is 5.91 Å². The van der Waals surface area contributed by atoms with E-state index in [9.17, 15) is 22.9 Å². The van der Waals surface area contributed by atoms with E-state index in [-0.39, 0.29) is 12.3 Å². The molecule has 0 bridgehead atoms. The van der Waals surface area contributed by atoms with Crippen LogP contribution >= 0.6 is 0 Å². The third kappa shape index (κ3) is 31.7. The molecule has 6 nitrogen and oxygen atoms in total. The monoisotopic (exact) mass is 637 g/mol. The molecule has 0 aromatic carbocycles. The molecule has 7 heteroatoms. The minimum Gasteiger partial charge on any atom is -0.387 e. The Morgan fingerprint density at radius 1 is 0.636 bits per heavy atom. The van der Waals surface area contributed by atoms with E-state index >= 15 is 0 Å². The number of carbonyl (C=O) groups is 1. The molecule has 0 aliphatic carbocycles. The van der Waals surface area contributed by atoms with Crippen molar-refractivity contribution >= 4 is 16.0 Å². The second kappa shape index (κ2) is 31.3. The van der Waals surface area contributed by atoms with E-state index in [1.54, 1.807) is 6.08 Å². The molecule has 0 rings (SSSR count). The first-order valence-corrected chi connectivity index (χ1v) is 19.4. The molecule has 2 atom stereocenters. The first kappa shape index (κ1) is 42.3. The Bertz CT molecular complexity index is 878. The van der Waals surface area contributed by atoms with Crippen LogP contribution in [0.15, 0.2) is 48.6 Å². The lowest BCUT2D eigenvalue weighted by Gasteiger charge is -2.21. The van der Waals surface area contributed by atoms with E-state index < -0.39 is 28.0 Å². The minimum atomic E-state index is -4.35. The van der Waals surface area contributed by atoms with Gasteiger partial charge in [0.1, 0.15) is 0 Å². The lowest BCUT2D eigenvalue weighted by atomic mass is 10.0. The number of aliphatic hydroxyl groups is 1. The number of rotatable bonds is 31. The first-order chi connectivity index (χ1) is 21.3. The number of amides is 1. The molecule has 256 valence electrons. The Morgan fingerprint density at radius 2 is 1.09 bits per heavy atom. The molecular formula is C37H67NO5S. The average Bonchev–Trinajstić information content (AvgIpc) is 2.98. The highest BCUT2D eigenvalue weighted by Gasteiger charge is 2.24. The van der Waals surface area contributed by atoms with E-state index in [2.05, 4.69) is 55.6 Å². The SMILES string of the molecule is CC/C=C\C/C=C\C/C=C\CCCCCC(=O)NC(CS(=O)(=O)O)C(O)/C=C/CCCCCCCCCCCCCCCC. The van der Waals surface area contributed by atoms with Crippen LogP contribution in [0.25, 0.3) is 0 Å². The number of hydrogen-bond donors (Lipinski definition) is 3. The Labute approximate surface area is 271 Å². The Balaban J connectivity index is 4.06. The van der Waals surface area contributed by atoms with Gasteiger partial charge in [0, 0.05) is 6.42 Å². The highest BCUT2D eigenvalue weighted by molar-refractivity contribution is 7.85. The third-order valence-corrected chi connectivity index (χ3v) is 8.54. The largest absolute Gasteiger partial charge is 0.387 e. The number of nitrogens with one attached hydrogen (secondary N) is 1. The summed E-state index contributed by atoms with van der Waals surface area (Å²) in [5, 5.41) is 13.1. The molecule has 0 aliphatic heterocycles. The van der Waals surface area contributed by atoms with Gasteiger partial charge in [-0.1, -0.05) is 152 Å². The lowest BCUT2D eigenvalue weighted by molar-refractivity contribution is -0.122. The maximum absolute atomic E-state index is 12.4. The summed E-state index contributed by atoms with van der Waals surface area (Å²) in [6.07, 6.45) is 40.9. The number of hydrogen-bond acceptors (Lipinski definition) is 4. The molecule has 0 aromatic rings. The van der Waals surface area contributed by atoms with Crippen molar-refractivity contribution < 1.29 is 22.9 Å². The Kier molecular flexibility index (Phi) is 30.1. The summed E-state index contributed by atoms with van der Waals surface area (Å²) in [5.41, 5.74) is 0. The molecule has 2 unspecified atom stereocenters. The summed E-state index contributed by atoms with van der Waals surface area (Å²) in [4.78, 5) is 12.4. The number of aliphatic hydroxyl groups excluding tert-OH is 1. The first-order valence-electron chi connectivity index (χ1n) is 17.8. The highest BCUT2D eigenvalue weighted by atomic mass is 32.2. The molecule has 0 heterocycles. The van der Waals surface area contributed by atoms with Gasteiger partial charge in [-0.25, -0.2) is 0 Å². The van der Waals surface area contributed by atoms with Gasteiger partial charge in [0.05, 0.1) is 17.9 Å². The summed E-state index contributed by atoms with van der Waals surface area (Å²) in [5.74, 6) is -1.02. The third-order valence-electron chi connectivity index (χ3n) is 7.76. The van der Waals surface area contributed by atoms with Crippen LogP contribution in [-0.4, -0.2) is 41.9 Å². The Morgan fingerprint density at radius 3 is 1.61 bits per heavy atom. The van der Waals surface area contributed by atoms with Gasteiger partial charge in [-0.2, -0.15) is 8.42 Å². The van der Waals surface area contributed by atoms with E-state index in [0.717, 1.165) is 57.8 Å². The van der Waals surface area contributed by atoms with E-state index in [1.165, 1.54) is 77.0 Å².